The molecule has 2 heterocycles. The number of hydrogen-bond donors (Lipinski definition) is 2. The molecule has 3 amide bonds. The summed E-state index contributed by atoms with van der Waals surface area (Å²) >= 11 is 0. The van der Waals surface area contributed by atoms with Gasteiger partial charge in [-0.2, -0.15) is 0 Å². The van der Waals surface area contributed by atoms with Crippen molar-refractivity contribution in [2.45, 2.75) is 86.3 Å². The normalized spacial score (nSPS) is 14.1. The number of alkyl carbamates (subject to hydrolysis) is 1. The van der Waals surface area contributed by atoms with E-state index >= 15 is 0 Å². The number of aryl methyl sites for hydroxylation is 2. The topological polar surface area (TPSA) is 83.6 Å². The predicted octanol–water partition coefficient (Wildman–Crippen LogP) is 6.61. The molecular weight excluding hydrogens is 452 g/mol. The first-order valence-electron chi connectivity index (χ1n) is 13.0. The number of rotatable bonds is 6. The Morgan fingerprint density at radius 1 is 1.06 bits per heavy atom. The average Bonchev–Trinajstić information content (AvgIpc) is 2.79. The second-order valence-corrected chi connectivity index (χ2v) is 11.3. The van der Waals surface area contributed by atoms with Gasteiger partial charge in [0.1, 0.15) is 6.61 Å². The Labute approximate surface area is 216 Å². The van der Waals surface area contributed by atoms with Crippen LogP contribution in [0, 0.1) is 19.8 Å². The van der Waals surface area contributed by atoms with Gasteiger partial charge in [0.2, 0.25) is 0 Å². The van der Waals surface area contributed by atoms with Crippen LogP contribution in [0.15, 0.2) is 24.3 Å². The molecule has 0 aliphatic carbocycles. The van der Waals surface area contributed by atoms with Gasteiger partial charge in [0.25, 0.3) is 0 Å². The molecule has 1 aromatic carbocycles. The number of nitrogens with zero attached hydrogens (tertiary/aromatic N) is 2. The molecule has 0 spiro atoms. The first-order valence-corrected chi connectivity index (χ1v) is 13.0. The molecule has 7 nitrogen and oxygen atoms in total. The van der Waals surface area contributed by atoms with Crippen molar-refractivity contribution in [3.63, 3.8) is 0 Å². The highest BCUT2D eigenvalue weighted by molar-refractivity contribution is 5.96. The summed E-state index contributed by atoms with van der Waals surface area (Å²) in [4.78, 5) is 32.6. The molecule has 1 fully saturated rings. The van der Waals surface area contributed by atoms with Crippen molar-refractivity contribution in [3.8, 4) is 11.1 Å². The number of ether oxygens (including phenoxy) is 1. The van der Waals surface area contributed by atoms with Gasteiger partial charge in [0.15, 0.2) is 0 Å². The van der Waals surface area contributed by atoms with Crippen LogP contribution in [-0.2, 0) is 17.8 Å². The summed E-state index contributed by atoms with van der Waals surface area (Å²) in [6, 6.07) is 8.11. The van der Waals surface area contributed by atoms with E-state index in [0.717, 1.165) is 72.4 Å². The molecule has 1 saturated heterocycles. The first kappa shape index (κ1) is 27.5. The number of nitrogens with one attached hydrogen (secondary N) is 2. The molecule has 0 bridgehead atoms. The third kappa shape index (κ3) is 7.45. The minimum atomic E-state index is -0.479. The van der Waals surface area contributed by atoms with Crippen molar-refractivity contribution in [3.05, 3.63) is 46.8 Å². The minimum absolute atomic E-state index is 0.0625. The summed E-state index contributed by atoms with van der Waals surface area (Å²) < 4.78 is 5.72. The van der Waals surface area contributed by atoms with Crippen LogP contribution in [0.25, 0.3) is 11.1 Å². The number of carbonyl (C=O) groups excluding carboxylic acids is 2. The van der Waals surface area contributed by atoms with E-state index in [-0.39, 0.29) is 12.6 Å². The van der Waals surface area contributed by atoms with Crippen molar-refractivity contribution in [1.29, 1.82) is 0 Å². The number of anilines is 1. The number of aromatic nitrogens is 1. The molecule has 1 aliphatic heterocycles. The summed E-state index contributed by atoms with van der Waals surface area (Å²) in [5.74, 6) is 0.360. The van der Waals surface area contributed by atoms with Crippen molar-refractivity contribution in [2.24, 2.45) is 5.92 Å². The Kier molecular flexibility index (Phi) is 8.98. The number of carbonyl (C=O) groups is 2. The SMILES string of the molecule is Cc1ccc(-c2c(COC(=O)NC(C)(C)C)c(CC(C)C)nc(C)c2NC(=O)N2CCCCC2)cc1. The second kappa shape index (κ2) is 11.8. The molecule has 1 aromatic heterocycles. The number of piperidine rings is 1. The number of urea groups is 1. The van der Waals surface area contributed by atoms with Gasteiger partial charge in [-0.05, 0) is 71.8 Å². The average molecular weight is 495 g/mol. The molecule has 1 aliphatic rings. The minimum Gasteiger partial charge on any atom is -0.445 e. The maximum atomic E-state index is 13.2. The lowest BCUT2D eigenvalue weighted by Crippen LogP contribution is -2.41. The smallest absolute Gasteiger partial charge is 0.407 e. The van der Waals surface area contributed by atoms with Crippen LogP contribution in [-0.4, -0.2) is 40.6 Å². The van der Waals surface area contributed by atoms with Gasteiger partial charge in [-0.1, -0.05) is 43.7 Å². The molecule has 196 valence electrons. The molecule has 2 N–H and O–H groups in total. The number of amides is 3. The predicted molar refractivity (Wildman–Crippen MR) is 145 cm³/mol. The highest BCUT2D eigenvalue weighted by atomic mass is 16.5. The van der Waals surface area contributed by atoms with Gasteiger partial charge in [-0.25, -0.2) is 9.59 Å². The molecule has 0 unspecified atom stereocenters. The first-order chi connectivity index (χ1) is 16.9. The van der Waals surface area contributed by atoms with Gasteiger partial charge < -0.3 is 20.3 Å². The summed E-state index contributed by atoms with van der Waals surface area (Å²) in [7, 11) is 0. The number of likely N-dealkylation sites (tertiary alicyclic amines) is 1. The van der Waals surface area contributed by atoms with Gasteiger partial charge in [0, 0.05) is 35.4 Å². The molecule has 36 heavy (non-hydrogen) atoms. The van der Waals surface area contributed by atoms with E-state index < -0.39 is 11.6 Å². The van der Waals surface area contributed by atoms with E-state index in [9.17, 15) is 9.59 Å². The monoisotopic (exact) mass is 494 g/mol. The van der Waals surface area contributed by atoms with Crippen molar-refractivity contribution >= 4 is 17.8 Å². The fourth-order valence-electron chi connectivity index (χ4n) is 4.47. The Hall–Kier alpha value is -3.09. The lowest BCUT2D eigenvalue weighted by molar-refractivity contribution is 0.131. The van der Waals surface area contributed by atoms with Crippen molar-refractivity contribution < 1.29 is 14.3 Å². The maximum Gasteiger partial charge on any atom is 0.407 e. The quantitative estimate of drug-likeness (QED) is 0.473. The van der Waals surface area contributed by atoms with Crippen LogP contribution in [0.2, 0.25) is 0 Å². The summed E-state index contributed by atoms with van der Waals surface area (Å²) in [6.45, 7) is 15.6. The van der Waals surface area contributed by atoms with E-state index in [1.54, 1.807) is 0 Å². The molecule has 0 radical (unpaired) electrons. The fraction of sp³-hybridized carbons (Fsp3) is 0.552. The van der Waals surface area contributed by atoms with Gasteiger partial charge in [-0.15, -0.1) is 0 Å². The Bertz CT molecular complexity index is 1070. The third-order valence-electron chi connectivity index (χ3n) is 6.21. The van der Waals surface area contributed by atoms with Crippen LogP contribution >= 0.6 is 0 Å². The lowest BCUT2D eigenvalue weighted by atomic mass is 9.92. The number of benzene rings is 1. The Balaban J connectivity index is 2.10. The Morgan fingerprint density at radius 2 is 1.69 bits per heavy atom. The molecular formula is C29H42N4O3. The van der Waals surface area contributed by atoms with Gasteiger partial charge in [0.05, 0.1) is 11.4 Å². The second-order valence-electron chi connectivity index (χ2n) is 11.3. The zero-order valence-electron chi connectivity index (χ0n) is 23.0. The van der Waals surface area contributed by atoms with Crippen LogP contribution in [0.1, 0.15) is 76.4 Å². The highest BCUT2D eigenvalue weighted by Crippen LogP contribution is 2.37. The molecule has 7 heteroatoms. The largest absolute Gasteiger partial charge is 0.445 e. The van der Waals surface area contributed by atoms with E-state index in [4.69, 9.17) is 9.72 Å². The van der Waals surface area contributed by atoms with E-state index in [2.05, 4.69) is 48.7 Å². The maximum absolute atomic E-state index is 13.2. The number of hydrogen-bond acceptors (Lipinski definition) is 4. The van der Waals surface area contributed by atoms with E-state index in [1.807, 2.05) is 39.5 Å². The van der Waals surface area contributed by atoms with Crippen LogP contribution in [0.4, 0.5) is 15.3 Å². The highest BCUT2D eigenvalue weighted by Gasteiger charge is 2.25. The molecule has 3 rings (SSSR count). The standard InChI is InChI=1S/C29H42N4O3/c1-19(2)17-24-23(18-36-28(35)32-29(5,6)7)25(22-13-11-20(3)12-14-22)26(21(4)30-24)31-27(34)33-15-9-8-10-16-33/h11-14,19H,8-10,15-18H2,1-7H3,(H,31,34)(H,32,35). The number of pyridine rings is 1. The van der Waals surface area contributed by atoms with Crippen LogP contribution in [0.5, 0.6) is 0 Å². The van der Waals surface area contributed by atoms with E-state index in [0.29, 0.717) is 11.6 Å². The van der Waals surface area contributed by atoms with Crippen LogP contribution < -0.4 is 10.6 Å². The van der Waals surface area contributed by atoms with Crippen molar-refractivity contribution in [1.82, 2.24) is 15.2 Å². The third-order valence-corrected chi connectivity index (χ3v) is 6.21. The molecule has 0 atom stereocenters. The molecule has 0 saturated carbocycles. The Morgan fingerprint density at radius 3 is 2.28 bits per heavy atom. The molecule has 2 aromatic rings. The summed E-state index contributed by atoms with van der Waals surface area (Å²) in [5.41, 5.74) is 5.72. The van der Waals surface area contributed by atoms with Gasteiger partial charge in [-0.3, -0.25) is 4.98 Å². The van der Waals surface area contributed by atoms with Gasteiger partial charge >= 0.3 is 12.1 Å². The zero-order chi connectivity index (χ0) is 26.5. The zero-order valence-corrected chi connectivity index (χ0v) is 23.0. The summed E-state index contributed by atoms with van der Waals surface area (Å²) in [5, 5.41) is 6.04. The summed E-state index contributed by atoms with van der Waals surface area (Å²) in [6.07, 6.45) is 3.45. The van der Waals surface area contributed by atoms with Crippen molar-refractivity contribution in [2.75, 3.05) is 18.4 Å². The van der Waals surface area contributed by atoms with E-state index in [1.165, 1.54) is 0 Å². The fourth-order valence-corrected chi connectivity index (χ4v) is 4.47. The van der Waals surface area contributed by atoms with Crippen LogP contribution in [0.3, 0.4) is 0 Å². The lowest BCUT2D eigenvalue weighted by Gasteiger charge is -2.28.